The van der Waals surface area contributed by atoms with Gasteiger partial charge in [0, 0.05) is 25.1 Å². The highest BCUT2D eigenvalue weighted by Gasteiger charge is 2.33. The summed E-state index contributed by atoms with van der Waals surface area (Å²) in [6.45, 7) is 6.31. The van der Waals surface area contributed by atoms with Gasteiger partial charge in [0.15, 0.2) is 11.6 Å². The van der Waals surface area contributed by atoms with E-state index in [1.807, 2.05) is 6.07 Å². The zero-order valence-electron chi connectivity index (χ0n) is 12.4. The molecule has 2 N–H and O–H groups in total. The van der Waals surface area contributed by atoms with Gasteiger partial charge in [0.2, 0.25) is 0 Å². The lowest BCUT2D eigenvalue weighted by atomic mass is 9.75. The molecule has 108 valence electrons. The van der Waals surface area contributed by atoms with E-state index in [1.165, 1.54) is 19.3 Å². The van der Waals surface area contributed by atoms with Crippen molar-refractivity contribution in [2.45, 2.75) is 46.0 Å². The minimum absolute atomic E-state index is 0.00632. The molecule has 1 fully saturated rings. The van der Waals surface area contributed by atoms with E-state index >= 15 is 0 Å². The van der Waals surface area contributed by atoms with E-state index in [0.717, 1.165) is 36.6 Å². The Labute approximate surface area is 120 Å². The van der Waals surface area contributed by atoms with E-state index in [1.54, 1.807) is 0 Å². The highest BCUT2D eigenvalue weighted by molar-refractivity contribution is 6.00. The SMILES string of the molecule is CC1(C)CC(=O)c2cc(N)c(N3CCCCC3)nc2C1. The topological polar surface area (TPSA) is 59.2 Å². The third kappa shape index (κ3) is 2.39. The molecule has 1 aliphatic carbocycles. The van der Waals surface area contributed by atoms with Crippen molar-refractivity contribution in [3.63, 3.8) is 0 Å². The number of nitrogens with zero attached hydrogens (tertiary/aromatic N) is 2. The van der Waals surface area contributed by atoms with Crippen LogP contribution in [0.2, 0.25) is 0 Å². The summed E-state index contributed by atoms with van der Waals surface area (Å²) in [4.78, 5) is 19.3. The minimum Gasteiger partial charge on any atom is -0.396 e. The van der Waals surface area contributed by atoms with Crippen LogP contribution in [0.1, 0.15) is 55.6 Å². The summed E-state index contributed by atoms with van der Waals surface area (Å²) in [6.07, 6.45) is 5.12. The molecular weight excluding hydrogens is 250 g/mol. The Balaban J connectivity index is 2.00. The zero-order chi connectivity index (χ0) is 14.3. The van der Waals surface area contributed by atoms with Crippen LogP contribution in [0.3, 0.4) is 0 Å². The summed E-state index contributed by atoms with van der Waals surface area (Å²) in [7, 11) is 0. The molecular formula is C16H23N3O. The predicted octanol–water partition coefficient (Wildman–Crippen LogP) is 2.81. The highest BCUT2D eigenvalue weighted by atomic mass is 16.1. The lowest BCUT2D eigenvalue weighted by Gasteiger charge is -2.33. The molecule has 0 radical (unpaired) electrons. The fraction of sp³-hybridized carbons (Fsp3) is 0.625. The Morgan fingerprint density at radius 1 is 1.20 bits per heavy atom. The van der Waals surface area contributed by atoms with Crippen LogP contribution >= 0.6 is 0 Å². The second kappa shape index (κ2) is 4.76. The van der Waals surface area contributed by atoms with Crippen LogP contribution in [0.5, 0.6) is 0 Å². The molecule has 1 aromatic heterocycles. The molecule has 0 spiro atoms. The molecule has 1 aliphatic heterocycles. The molecule has 0 amide bonds. The molecule has 0 aromatic carbocycles. The number of nitrogen functional groups attached to an aromatic ring is 1. The normalized spacial score (nSPS) is 21.7. The Hall–Kier alpha value is -1.58. The fourth-order valence-corrected chi connectivity index (χ4v) is 3.34. The van der Waals surface area contributed by atoms with Crippen LogP contribution in [0.25, 0.3) is 0 Å². The molecule has 1 aromatic rings. The first-order valence-corrected chi connectivity index (χ1v) is 7.54. The fourth-order valence-electron chi connectivity index (χ4n) is 3.34. The molecule has 20 heavy (non-hydrogen) atoms. The summed E-state index contributed by atoms with van der Waals surface area (Å²) >= 11 is 0. The summed E-state index contributed by atoms with van der Waals surface area (Å²) in [5.41, 5.74) is 8.48. The maximum absolute atomic E-state index is 12.2. The number of hydrogen-bond donors (Lipinski definition) is 1. The Bertz CT molecular complexity index is 545. The van der Waals surface area contributed by atoms with Crippen molar-refractivity contribution in [2.75, 3.05) is 23.7 Å². The maximum Gasteiger partial charge on any atom is 0.165 e. The van der Waals surface area contributed by atoms with Gasteiger partial charge in [-0.15, -0.1) is 0 Å². The van der Waals surface area contributed by atoms with E-state index in [4.69, 9.17) is 10.7 Å². The highest BCUT2D eigenvalue weighted by Crippen LogP contribution is 2.37. The second-order valence-electron chi connectivity index (χ2n) is 6.88. The van der Waals surface area contributed by atoms with Gasteiger partial charge in [-0.1, -0.05) is 13.8 Å². The van der Waals surface area contributed by atoms with E-state index in [0.29, 0.717) is 12.1 Å². The number of anilines is 2. The average molecular weight is 273 g/mol. The lowest BCUT2D eigenvalue weighted by Crippen LogP contribution is -2.33. The van der Waals surface area contributed by atoms with E-state index in [-0.39, 0.29) is 11.2 Å². The lowest BCUT2D eigenvalue weighted by molar-refractivity contribution is 0.0910. The smallest absolute Gasteiger partial charge is 0.165 e. The summed E-state index contributed by atoms with van der Waals surface area (Å²) < 4.78 is 0. The first kappa shape index (κ1) is 13.4. The van der Waals surface area contributed by atoms with Gasteiger partial charge in [-0.2, -0.15) is 0 Å². The second-order valence-corrected chi connectivity index (χ2v) is 6.88. The van der Waals surface area contributed by atoms with Gasteiger partial charge in [0.05, 0.1) is 11.4 Å². The molecule has 1 saturated heterocycles. The number of aromatic nitrogens is 1. The quantitative estimate of drug-likeness (QED) is 0.854. The predicted molar refractivity (Wildman–Crippen MR) is 81.1 cm³/mol. The number of ketones is 1. The number of nitrogens with two attached hydrogens (primary N) is 1. The molecule has 0 saturated carbocycles. The monoisotopic (exact) mass is 273 g/mol. The summed E-state index contributed by atoms with van der Waals surface area (Å²) in [5.74, 6) is 1.06. The number of Topliss-reactive ketones (excluding diaryl/α,β-unsaturated/α-hetero) is 1. The van der Waals surface area contributed by atoms with Gasteiger partial charge < -0.3 is 10.6 Å². The van der Waals surface area contributed by atoms with Crippen molar-refractivity contribution in [1.82, 2.24) is 4.98 Å². The third-order valence-corrected chi connectivity index (χ3v) is 4.35. The third-order valence-electron chi connectivity index (χ3n) is 4.35. The van der Waals surface area contributed by atoms with Gasteiger partial charge in [-0.05, 0) is 37.2 Å². The number of fused-ring (bicyclic) bond motifs is 1. The van der Waals surface area contributed by atoms with Gasteiger partial charge in [-0.25, -0.2) is 4.98 Å². The number of hydrogen-bond acceptors (Lipinski definition) is 4. The number of piperidine rings is 1. The zero-order valence-corrected chi connectivity index (χ0v) is 12.4. The Kier molecular flexibility index (Phi) is 3.19. The first-order valence-electron chi connectivity index (χ1n) is 7.54. The van der Waals surface area contributed by atoms with Gasteiger partial charge >= 0.3 is 0 Å². The number of rotatable bonds is 1. The Morgan fingerprint density at radius 3 is 2.60 bits per heavy atom. The molecule has 0 atom stereocenters. The van der Waals surface area contributed by atoms with Crippen molar-refractivity contribution in [3.05, 3.63) is 17.3 Å². The summed E-state index contributed by atoms with van der Waals surface area (Å²) in [5, 5.41) is 0. The van der Waals surface area contributed by atoms with Gasteiger partial charge in [-0.3, -0.25) is 4.79 Å². The number of carbonyl (C=O) groups excluding carboxylic acids is 1. The van der Waals surface area contributed by atoms with Crippen molar-refractivity contribution >= 4 is 17.3 Å². The van der Waals surface area contributed by atoms with Crippen LogP contribution in [-0.2, 0) is 6.42 Å². The largest absolute Gasteiger partial charge is 0.396 e. The molecule has 0 unspecified atom stereocenters. The van der Waals surface area contributed by atoms with Gasteiger partial charge in [0.1, 0.15) is 0 Å². The van der Waals surface area contributed by atoms with Crippen molar-refractivity contribution in [1.29, 1.82) is 0 Å². The molecule has 3 rings (SSSR count). The molecule has 4 nitrogen and oxygen atoms in total. The maximum atomic E-state index is 12.2. The van der Waals surface area contributed by atoms with Crippen molar-refractivity contribution in [2.24, 2.45) is 5.41 Å². The standard InChI is InChI=1S/C16H23N3O/c1-16(2)9-13-11(14(20)10-16)8-12(17)15(18-13)19-6-4-3-5-7-19/h8H,3-7,9-10,17H2,1-2H3. The molecule has 2 heterocycles. The van der Waals surface area contributed by atoms with Crippen molar-refractivity contribution in [3.8, 4) is 0 Å². The number of pyridine rings is 1. The van der Waals surface area contributed by atoms with E-state index in [9.17, 15) is 4.79 Å². The molecule has 0 bridgehead atoms. The Morgan fingerprint density at radius 2 is 1.90 bits per heavy atom. The van der Waals surface area contributed by atoms with E-state index < -0.39 is 0 Å². The number of carbonyl (C=O) groups is 1. The first-order chi connectivity index (χ1) is 9.46. The van der Waals surface area contributed by atoms with Crippen LogP contribution in [0, 0.1) is 5.41 Å². The van der Waals surface area contributed by atoms with Crippen LogP contribution in [0.4, 0.5) is 11.5 Å². The van der Waals surface area contributed by atoms with Gasteiger partial charge in [0.25, 0.3) is 0 Å². The van der Waals surface area contributed by atoms with Crippen LogP contribution in [-0.4, -0.2) is 23.9 Å². The minimum atomic E-state index is 0.00632. The van der Waals surface area contributed by atoms with Crippen LogP contribution in [0.15, 0.2) is 6.07 Å². The van der Waals surface area contributed by atoms with E-state index in [2.05, 4.69) is 18.7 Å². The van der Waals surface area contributed by atoms with Crippen LogP contribution < -0.4 is 10.6 Å². The molecule has 2 aliphatic rings. The average Bonchev–Trinajstić information content (AvgIpc) is 2.39. The molecule has 4 heteroatoms. The van der Waals surface area contributed by atoms with Crippen molar-refractivity contribution < 1.29 is 4.79 Å². The summed E-state index contributed by atoms with van der Waals surface area (Å²) in [6, 6.07) is 1.85.